The van der Waals surface area contributed by atoms with Gasteiger partial charge in [-0.25, -0.2) is 4.79 Å². The Bertz CT molecular complexity index is 1030. The highest BCUT2D eigenvalue weighted by molar-refractivity contribution is 8.19. The van der Waals surface area contributed by atoms with Crippen LogP contribution in [0.3, 0.4) is 0 Å². The smallest absolute Gasteiger partial charge is 0.335 e. The largest absolute Gasteiger partial charge is 0.497 e. The average molecular weight is 457 g/mol. The van der Waals surface area contributed by atoms with E-state index in [1.807, 2.05) is 30.3 Å². The fourth-order valence-electron chi connectivity index (χ4n) is 2.86. The van der Waals surface area contributed by atoms with E-state index in [0.717, 1.165) is 23.1 Å². The quantitative estimate of drug-likeness (QED) is 0.441. The summed E-state index contributed by atoms with van der Waals surface area (Å²) in [6.07, 6.45) is 2.51. The monoisotopic (exact) mass is 456 g/mol. The first-order valence-electron chi connectivity index (χ1n) is 9.40. The summed E-state index contributed by atoms with van der Waals surface area (Å²) < 4.78 is 5.14. The number of thiocarbonyl (C=S) groups is 1. The normalized spacial score (nSPS) is 14.7. The highest BCUT2D eigenvalue weighted by Crippen LogP contribution is 2.33. The summed E-state index contributed by atoms with van der Waals surface area (Å²) in [5, 5.41) is 11.5. The SMILES string of the molecule is COc1ccc(C=C2SC(=O)N(CCCC(=O)Nc3ccc(C(=O)O)cc3)C2=S)cc1. The predicted molar refractivity (Wildman–Crippen MR) is 125 cm³/mol. The molecule has 1 aliphatic rings. The number of rotatable bonds is 8. The molecule has 3 rings (SSSR count). The van der Waals surface area contributed by atoms with Crippen LogP contribution in [0.5, 0.6) is 5.75 Å². The van der Waals surface area contributed by atoms with E-state index < -0.39 is 5.97 Å². The minimum Gasteiger partial charge on any atom is -0.497 e. The molecule has 2 N–H and O–H groups in total. The molecule has 0 aromatic heterocycles. The van der Waals surface area contributed by atoms with Crippen LogP contribution in [-0.2, 0) is 4.79 Å². The molecule has 0 aliphatic carbocycles. The van der Waals surface area contributed by atoms with E-state index in [0.29, 0.717) is 28.5 Å². The summed E-state index contributed by atoms with van der Waals surface area (Å²) >= 11 is 6.53. The van der Waals surface area contributed by atoms with Gasteiger partial charge in [0, 0.05) is 18.7 Å². The summed E-state index contributed by atoms with van der Waals surface area (Å²) in [5.74, 6) is -0.498. The number of carbonyl (C=O) groups excluding carboxylic acids is 2. The third-order valence-corrected chi connectivity index (χ3v) is 5.98. The van der Waals surface area contributed by atoms with Crippen molar-refractivity contribution in [2.24, 2.45) is 0 Å². The van der Waals surface area contributed by atoms with Gasteiger partial charge >= 0.3 is 5.97 Å². The number of carbonyl (C=O) groups is 3. The molecule has 7 nitrogen and oxygen atoms in total. The minimum atomic E-state index is -1.03. The van der Waals surface area contributed by atoms with Crippen molar-refractivity contribution < 1.29 is 24.2 Å². The first-order valence-corrected chi connectivity index (χ1v) is 10.6. The summed E-state index contributed by atoms with van der Waals surface area (Å²) in [6, 6.07) is 13.4. The number of aromatic carboxylic acids is 1. The Labute approximate surface area is 189 Å². The Morgan fingerprint density at radius 3 is 2.45 bits per heavy atom. The van der Waals surface area contributed by atoms with Crippen LogP contribution < -0.4 is 10.1 Å². The van der Waals surface area contributed by atoms with Gasteiger partial charge in [0.05, 0.1) is 17.6 Å². The van der Waals surface area contributed by atoms with Crippen LogP contribution >= 0.6 is 24.0 Å². The molecule has 0 saturated carbocycles. The van der Waals surface area contributed by atoms with Crippen LogP contribution in [-0.4, -0.2) is 45.8 Å². The van der Waals surface area contributed by atoms with Crippen molar-refractivity contribution >= 4 is 57.8 Å². The molecular weight excluding hydrogens is 436 g/mol. The Morgan fingerprint density at radius 1 is 1.16 bits per heavy atom. The Kier molecular flexibility index (Phi) is 7.43. The number of nitrogens with zero attached hydrogens (tertiary/aromatic N) is 1. The number of amides is 2. The highest BCUT2D eigenvalue weighted by Gasteiger charge is 2.31. The predicted octanol–water partition coefficient (Wildman–Crippen LogP) is 4.65. The summed E-state index contributed by atoms with van der Waals surface area (Å²) in [5.41, 5.74) is 1.58. The fraction of sp³-hybridized carbons (Fsp3) is 0.182. The molecule has 1 aliphatic heterocycles. The molecule has 0 atom stereocenters. The lowest BCUT2D eigenvalue weighted by Crippen LogP contribution is -2.28. The van der Waals surface area contributed by atoms with E-state index in [-0.39, 0.29) is 23.1 Å². The summed E-state index contributed by atoms with van der Waals surface area (Å²) in [6.45, 7) is 0.343. The number of nitrogens with one attached hydrogen (secondary N) is 1. The van der Waals surface area contributed by atoms with Gasteiger partial charge in [-0.05, 0) is 66.2 Å². The van der Waals surface area contributed by atoms with Crippen molar-refractivity contribution in [2.45, 2.75) is 12.8 Å². The first kappa shape index (κ1) is 22.5. The van der Waals surface area contributed by atoms with Crippen molar-refractivity contribution in [1.29, 1.82) is 0 Å². The van der Waals surface area contributed by atoms with Gasteiger partial charge in [0.25, 0.3) is 5.24 Å². The Balaban J connectivity index is 1.51. The van der Waals surface area contributed by atoms with Crippen molar-refractivity contribution in [2.75, 3.05) is 19.0 Å². The lowest BCUT2D eigenvalue weighted by molar-refractivity contribution is -0.116. The van der Waals surface area contributed by atoms with Crippen LogP contribution in [0.15, 0.2) is 53.4 Å². The molecular formula is C22H20N2O5S2. The second-order valence-corrected chi connectivity index (χ2v) is 8.02. The highest BCUT2D eigenvalue weighted by atomic mass is 32.2. The van der Waals surface area contributed by atoms with Gasteiger partial charge in [-0.1, -0.05) is 24.4 Å². The topological polar surface area (TPSA) is 95.9 Å². The molecule has 1 heterocycles. The number of anilines is 1. The molecule has 0 radical (unpaired) electrons. The maximum Gasteiger partial charge on any atom is 0.335 e. The molecule has 160 valence electrons. The third kappa shape index (κ3) is 5.93. The minimum absolute atomic E-state index is 0.148. The summed E-state index contributed by atoms with van der Waals surface area (Å²) in [7, 11) is 1.60. The molecule has 31 heavy (non-hydrogen) atoms. The molecule has 2 aromatic rings. The number of ether oxygens (including phenoxy) is 1. The number of hydrogen-bond donors (Lipinski definition) is 2. The molecule has 0 spiro atoms. The molecule has 1 saturated heterocycles. The van der Waals surface area contributed by atoms with Gasteiger partial charge in [0.1, 0.15) is 10.7 Å². The van der Waals surface area contributed by atoms with E-state index in [4.69, 9.17) is 22.1 Å². The Hall–Kier alpha value is -3.17. The van der Waals surface area contributed by atoms with E-state index >= 15 is 0 Å². The van der Waals surface area contributed by atoms with Crippen LogP contribution in [0.4, 0.5) is 10.5 Å². The van der Waals surface area contributed by atoms with Crippen LogP contribution in [0.25, 0.3) is 6.08 Å². The number of hydrogen-bond acceptors (Lipinski definition) is 6. The van der Waals surface area contributed by atoms with Crippen LogP contribution in [0.1, 0.15) is 28.8 Å². The average Bonchev–Trinajstić information content (AvgIpc) is 3.02. The van der Waals surface area contributed by atoms with Gasteiger partial charge in [-0.2, -0.15) is 0 Å². The molecule has 2 aromatic carbocycles. The second kappa shape index (κ2) is 10.2. The maximum atomic E-state index is 12.3. The van der Waals surface area contributed by atoms with Crippen molar-refractivity contribution in [1.82, 2.24) is 4.90 Å². The number of thioether (sulfide) groups is 1. The molecule has 0 unspecified atom stereocenters. The fourth-order valence-corrected chi connectivity index (χ4v) is 4.15. The van der Waals surface area contributed by atoms with Gasteiger partial charge < -0.3 is 15.2 Å². The third-order valence-electron chi connectivity index (χ3n) is 4.49. The number of benzene rings is 2. The summed E-state index contributed by atoms with van der Waals surface area (Å²) in [4.78, 5) is 38.0. The molecule has 1 fully saturated rings. The standard InChI is InChI=1S/C22H20N2O5S2/c1-29-17-10-4-14(5-11-17)13-18-20(30)24(22(28)31-18)12-2-3-19(25)23-16-8-6-15(7-9-16)21(26)27/h4-11,13H,2-3,12H2,1H3,(H,23,25)(H,26,27). The van der Waals surface area contributed by atoms with Gasteiger partial charge in [0.2, 0.25) is 5.91 Å². The zero-order valence-corrected chi connectivity index (χ0v) is 18.3. The van der Waals surface area contributed by atoms with E-state index in [1.165, 1.54) is 29.2 Å². The second-order valence-electron chi connectivity index (χ2n) is 6.64. The molecule has 0 bridgehead atoms. The van der Waals surface area contributed by atoms with Crippen molar-refractivity contribution in [3.8, 4) is 5.75 Å². The lowest BCUT2D eigenvalue weighted by Gasteiger charge is -2.14. The van der Waals surface area contributed by atoms with Crippen LogP contribution in [0.2, 0.25) is 0 Å². The van der Waals surface area contributed by atoms with E-state index in [9.17, 15) is 14.4 Å². The van der Waals surface area contributed by atoms with E-state index in [2.05, 4.69) is 5.32 Å². The zero-order chi connectivity index (χ0) is 22.4. The maximum absolute atomic E-state index is 12.3. The number of carboxylic acid groups (broad SMARTS) is 1. The number of methoxy groups -OCH3 is 1. The zero-order valence-electron chi connectivity index (χ0n) is 16.7. The van der Waals surface area contributed by atoms with Gasteiger partial charge in [-0.15, -0.1) is 0 Å². The van der Waals surface area contributed by atoms with Crippen molar-refractivity contribution in [3.63, 3.8) is 0 Å². The number of carboxylic acids is 1. The first-order chi connectivity index (χ1) is 14.9. The van der Waals surface area contributed by atoms with Crippen LogP contribution in [0, 0.1) is 0 Å². The van der Waals surface area contributed by atoms with Crippen molar-refractivity contribution in [3.05, 3.63) is 64.6 Å². The van der Waals surface area contributed by atoms with Gasteiger partial charge in [0.15, 0.2) is 0 Å². The molecule has 9 heteroatoms. The lowest BCUT2D eigenvalue weighted by atomic mass is 10.2. The molecule has 2 amide bonds. The Morgan fingerprint density at radius 2 is 1.84 bits per heavy atom. The van der Waals surface area contributed by atoms with Gasteiger partial charge in [-0.3, -0.25) is 14.5 Å². The van der Waals surface area contributed by atoms with E-state index in [1.54, 1.807) is 7.11 Å².